The van der Waals surface area contributed by atoms with Gasteiger partial charge in [0.15, 0.2) is 5.69 Å². The molecule has 3 fully saturated rings. The molecule has 5 rings (SSSR count). The average Bonchev–Trinajstić information content (AvgIpc) is 3.44. The van der Waals surface area contributed by atoms with E-state index in [1.807, 2.05) is 6.92 Å². The van der Waals surface area contributed by atoms with Crippen LogP contribution in [0.1, 0.15) is 107 Å². The molecule has 0 spiro atoms. The SMILES string of the molecule is CCOC(=O)CN1CCc2c(c(C(=O)NC3C4(C)CCC(C4)C3(C)C)nn2C2CCCCC2)C1. The van der Waals surface area contributed by atoms with Crippen LogP contribution in [-0.4, -0.2) is 52.3 Å². The third-order valence-corrected chi connectivity index (χ3v) is 9.50. The van der Waals surface area contributed by atoms with Crippen molar-refractivity contribution in [3.05, 3.63) is 17.0 Å². The third-order valence-electron chi connectivity index (χ3n) is 9.50. The summed E-state index contributed by atoms with van der Waals surface area (Å²) in [4.78, 5) is 28.1. The molecule has 7 heteroatoms. The second-order valence-corrected chi connectivity index (χ2v) is 12.1. The molecule has 3 atom stereocenters. The number of carbonyl (C=O) groups excluding carboxylic acids is 2. The molecular weight excluding hydrogens is 428 g/mol. The molecule has 0 saturated heterocycles. The molecular formula is C27H42N4O3. The third kappa shape index (κ3) is 4.08. The van der Waals surface area contributed by atoms with Gasteiger partial charge in [-0.15, -0.1) is 0 Å². The first-order valence-corrected chi connectivity index (χ1v) is 13.5. The first kappa shape index (κ1) is 23.8. The van der Waals surface area contributed by atoms with Crippen LogP contribution >= 0.6 is 0 Å². The molecule has 2 bridgehead atoms. The van der Waals surface area contributed by atoms with Crippen LogP contribution in [0.5, 0.6) is 0 Å². The molecule has 0 radical (unpaired) electrons. The maximum absolute atomic E-state index is 13.8. The van der Waals surface area contributed by atoms with Crippen LogP contribution in [0.3, 0.4) is 0 Å². The van der Waals surface area contributed by atoms with Crippen molar-refractivity contribution in [3.8, 4) is 0 Å². The summed E-state index contributed by atoms with van der Waals surface area (Å²) in [6, 6.07) is 0.554. The van der Waals surface area contributed by atoms with E-state index >= 15 is 0 Å². The lowest BCUT2D eigenvalue weighted by atomic mass is 9.68. The fourth-order valence-corrected chi connectivity index (χ4v) is 7.70. The van der Waals surface area contributed by atoms with Crippen LogP contribution in [0.15, 0.2) is 0 Å². The topological polar surface area (TPSA) is 76.5 Å². The summed E-state index contributed by atoms with van der Waals surface area (Å²) < 4.78 is 7.37. The number of nitrogens with one attached hydrogen (secondary N) is 1. The van der Waals surface area contributed by atoms with Gasteiger partial charge in [0, 0.05) is 36.8 Å². The lowest BCUT2D eigenvalue weighted by molar-refractivity contribution is -0.144. The van der Waals surface area contributed by atoms with Crippen molar-refractivity contribution in [3.63, 3.8) is 0 Å². The number of hydrogen-bond donors (Lipinski definition) is 1. The van der Waals surface area contributed by atoms with Crippen molar-refractivity contribution in [2.24, 2.45) is 16.7 Å². The van der Waals surface area contributed by atoms with Gasteiger partial charge in [0.25, 0.3) is 5.91 Å². The summed E-state index contributed by atoms with van der Waals surface area (Å²) in [6.07, 6.45) is 10.5. The van der Waals surface area contributed by atoms with Gasteiger partial charge < -0.3 is 10.1 Å². The number of ether oxygens (including phenoxy) is 1. The molecule has 1 N–H and O–H groups in total. The maximum Gasteiger partial charge on any atom is 0.320 e. The fraction of sp³-hybridized carbons (Fsp3) is 0.815. The van der Waals surface area contributed by atoms with Gasteiger partial charge in [0.05, 0.1) is 19.2 Å². The van der Waals surface area contributed by atoms with Gasteiger partial charge in [0.2, 0.25) is 0 Å². The van der Waals surface area contributed by atoms with Crippen LogP contribution in [0.2, 0.25) is 0 Å². The van der Waals surface area contributed by atoms with Gasteiger partial charge in [-0.2, -0.15) is 5.10 Å². The molecule has 1 aliphatic heterocycles. The van der Waals surface area contributed by atoms with E-state index in [1.54, 1.807) is 0 Å². The summed E-state index contributed by atoms with van der Waals surface area (Å²) >= 11 is 0. The zero-order valence-corrected chi connectivity index (χ0v) is 21.5. The molecule has 1 amide bonds. The molecule has 7 nitrogen and oxygen atoms in total. The minimum atomic E-state index is -0.201. The number of rotatable bonds is 6. The number of esters is 1. The highest BCUT2D eigenvalue weighted by Gasteiger charge is 2.59. The number of fused-ring (bicyclic) bond motifs is 3. The number of carbonyl (C=O) groups is 2. The standard InChI is InChI=1S/C27H42N4O3/c1-5-34-22(32)17-30-14-12-21-20(16-30)23(29-31(21)19-9-7-6-8-10-19)24(33)28-25-26(2,3)18-11-13-27(25,4)15-18/h18-19,25H,5-17H2,1-4H3,(H,28,33). The lowest BCUT2D eigenvalue weighted by Gasteiger charge is -2.43. The quantitative estimate of drug-likeness (QED) is 0.629. The normalized spacial score (nSPS) is 30.8. The molecule has 1 aromatic heterocycles. The highest BCUT2D eigenvalue weighted by atomic mass is 16.5. The Hall–Kier alpha value is -1.89. The summed E-state index contributed by atoms with van der Waals surface area (Å²) in [5, 5.41) is 8.48. The number of hydrogen-bond acceptors (Lipinski definition) is 5. The summed E-state index contributed by atoms with van der Waals surface area (Å²) in [7, 11) is 0. The van der Waals surface area contributed by atoms with Crippen LogP contribution in [0.4, 0.5) is 0 Å². The Morgan fingerprint density at radius 2 is 1.91 bits per heavy atom. The first-order chi connectivity index (χ1) is 16.2. The van der Waals surface area contributed by atoms with Gasteiger partial charge in [-0.1, -0.05) is 40.0 Å². The summed E-state index contributed by atoms with van der Waals surface area (Å²) in [6.45, 7) is 10.9. The van der Waals surface area contributed by atoms with Crippen molar-refractivity contribution in [1.29, 1.82) is 0 Å². The predicted molar refractivity (Wildman–Crippen MR) is 130 cm³/mol. The Kier molecular flexibility index (Phi) is 6.28. The van der Waals surface area contributed by atoms with E-state index in [2.05, 4.69) is 35.7 Å². The van der Waals surface area contributed by atoms with Gasteiger partial charge in [-0.05, 0) is 55.8 Å². The van der Waals surface area contributed by atoms with E-state index < -0.39 is 0 Å². The molecule has 34 heavy (non-hydrogen) atoms. The monoisotopic (exact) mass is 470 g/mol. The molecule has 4 aliphatic rings. The molecule has 3 aliphatic carbocycles. The first-order valence-electron chi connectivity index (χ1n) is 13.5. The highest BCUT2D eigenvalue weighted by Crippen LogP contribution is 2.62. The van der Waals surface area contributed by atoms with Crippen molar-refractivity contribution >= 4 is 11.9 Å². The van der Waals surface area contributed by atoms with Crippen molar-refractivity contribution in [2.75, 3.05) is 19.7 Å². The smallest absolute Gasteiger partial charge is 0.320 e. The van der Waals surface area contributed by atoms with Crippen LogP contribution in [0.25, 0.3) is 0 Å². The minimum Gasteiger partial charge on any atom is -0.465 e. The average molecular weight is 471 g/mol. The second kappa shape index (κ2) is 8.96. The van der Waals surface area contributed by atoms with Gasteiger partial charge in [0.1, 0.15) is 0 Å². The van der Waals surface area contributed by atoms with E-state index in [4.69, 9.17) is 9.84 Å². The van der Waals surface area contributed by atoms with E-state index in [1.165, 1.54) is 44.2 Å². The Labute approximate surface area is 204 Å². The van der Waals surface area contributed by atoms with E-state index in [-0.39, 0.29) is 35.3 Å². The lowest BCUT2D eigenvalue weighted by Crippen LogP contribution is -2.52. The van der Waals surface area contributed by atoms with E-state index in [0.29, 0.717) is 30.8 Å². The molecule has 0 aromatic carbocycles. The van der Waals surface area contributed by atoms with Gasteiger partial charge >= 0.3 is 5.97 Å². The highest BCUT2D eigenvalue weighted by molar-refractivity contribution is 5.94. The Morgan fingerprint density at radius 3 is 2.59 bits per heavy atom. The number of aromatic nitrogens is 2. The summed E-state index contributed by atoms with van der Waals surface area (Å²) in [5.74, 6) is 0.445. The molecule has 2 heterocycles. The molecule has 188 valence electrons. The maximum atomic E-state index is 13.8. The van der Waals surface area contributed by atoms with Crippen molar-refractivity contribution < 1.29 is 14.3 Å². The summed E-state index contributed by atoms with van der Waals surface area (Å²) in [5.41, 5.74) is 3.08. The van der Waals surface area contributed by atoms with Gasteiger partial charge in [-0.25, -0.2) is 0 Å². The Morgan fingerprint density at radius 1 is 1.15 bits per heavy atom. The van der Waals surface area contributed by atoms with Crippen LogP contribution in [0, 0.1) is 16.7 Å². The van der Waals surface area contributed by atoms with Gasteiger partial charge in [-0.3, -0.25) is 19.2 Å². The zero-order chi connectivity index (χ0) is 24.1. The molecule has 1 aromatic rings. The fourth-order valence-electron chi connectivity index (χ4n) is 7.70. The molecule has 3 saturated carbocycles. The van der Waals surface area contributed by atoms with Crippen molar-refractivity contribution in [1.82, 2.24) is 20.0 Å². The minimum absolute atomic E-state index is 0.0318. The van der Waals surface area contributed by atoms with Crippen LogP contribution in [-0.2, 0) is 22.5 Å². The van der Waals surface area contributed by atoms with Crippen LogP contribution < -0.4 is 5.32 Å². The van der Waals surface area contributed by atoms with Crippen molar-refractivity contribution in [2.45, 2.75) is 104 Å². The number of nitrogens with zero attached hydrogens (tertiary/aromatic N) is 3. The zero-order valence-electron chi connectivity index (χ0n) is 21.5. The predicted octanol–water partition coefficient (Wildman–Crippen LogP) is 4.25. The second-order valence-electron chi connectivity index (χ2n) is 12.1. The van der Waals surface area contributed by atoms with E-state index in [9.17, 15) is 9.59 Å². The number of amides is 1. The van der Waals surface area contributed by atoms with E-state index in [0.717, 1.165) is 31.4 Å². The largest absolute Gasteiger partial charge is 0.465 e. The Balaban J connectivity index is 1.42. The Bertz CT molecular complexity index is 943. The molecule has 3 unspecified atom stereocenters.